The lowest BCUT2D eigenvalue weighted by Gasteiger charge is -2.40. The number of carbonyl (C=O) groups excluding carboxylic acids is 4. The van der Waals surface area contributed by atoms with E-state index in [0.29, 0.717) is 41.3 Å². The maximum Gasteiger partial charge on any atom is 0.301 e. The van der Waals surface area contributed by atoms with Crippen molar-refractivity contribution in [1.29, 1.82) is 0 Å². The number of hydrogen-bond donors (Lipinski definition) is 4. The summed E-state index contributed by atoms with van der Waals surface area (Å²) < 4.78 is 88.2. The molecule has 6 heterocycles. The zero-order valence-corrected chi connectivity index (χ0v) is 36.5. The van der Waals surface area contributed by atoms with E-state index in [1.54, 1.807) is 18.3 Å². The van der Waals surface area contributed by atoms with Crippen LogP contribution in [0.1, 0.15) is 58.4 Å². The highest BCUT2D eigenvalue weighted by molar-refractivity contribution is 7.90. The first-order valence-corrected chi connectivity index (χ1v) is 23.3. The van der Waals surface area contributed by atoms with Crippen LogP contribution in [0.15, 0.2) is 73.1 Å². The van der Waals surface area contributed by atoms with E-state index in [-0.39, 0.29) is 36.9 Å². The lowest BCUT2D eigenvalue weighted by Crippen LogP contribution is -2.52. The fraction of sp³-hybridized carbons (Fsp3) is 0.370. The van der Waals surface area contributed by atoms with Gasteiger partial charge in [0.05, 0.1) is 16.8 Å². The minimum absolute atomic E-state index is 0.00344. The Balaban J connectivity index is 0.774. The second-order valence-electron chi connectivity index (χ2n) is 17.2. The minimum atomic E-state index is -4.36. The predicted molar refractivity (Wildman–Crippen MR) is 239 cm³/mol. The molecule has 9 rings (SSSR count). The molecule has 2 atom stereocenters. The van der Waals surface area contributed by atoms with E-state index in [1.807, 2.05) is 29.0 Å². The van der Waals surface area contributed by atoms with E-state index < -0.39 is 81.2 Å². The molecule has 20 heteroatoms. The van der Waals surface area contributed by atoms with Crippen molar-refractivity contribution in [1.82, 2.24) is 29.8 Å². The van der Waals surface area contributed by atoms with Gasteiger partial charge < -0.3 is 20.1 Å². The van der Waals surface area contributed by atoms with E-state index >= 15 is 13.2 Å². The van der Waals surface area contributed by atoms with Crippen molar-refractivity contribution < 1.29 is 45.2 Å². The number of H-pyrrole nitrogens is 1. The first kappa shape index (κ1) is 44.8. The second-order valence-corrected chi connectivity index (χ2v) is 18.9. The smallest absolute Gasteiger partial charge is 0.301 e. The molecule has 4 aliphatic rings. The van der Waals surface area contributed by atoms with Crippen LogP contribution in [0.3, 0.4) is 0 Å². The van der Waals surface area contributed by atoms with Crippen LogP contribution >= 0.6 is 0 Å². The highest BCUT2D eigenvalue weighted by Crippen LogP contribution is 2.32. The van der Waals surface area contributed by atoms with Gasteiger partial charge in [-0.25, -0.2) is 22.5 Å². The Kier molecular flexibility index (Phi) is 12.5. The van der Waals surface area contributed by atoms with Crippen molar-refractivity contribution in [2.24, 2.45) is 5.92 Å². The maximum atomic E-state index is 15.8. The third-order valence-electron chi connectivity index (χ3n) is 12.9. The number of aromatic nitrogens is 2. The molecule has 0 radical (unpaired) electrons. The number of anilines is 3. The molecule has 0 aliphatic carbocycles. The second kappa shape index (κ2) is 18.5. The number of imide groups is 1. The van der Waals surface area contributed by atoms with Crippen molar-refractivity contribution in [2.75, 3.05) is 73.4 Å². The average molecular weight is 930 g/mol. The van der Waals surface area contributed by atoms with Crippen molar-refractivity contribution >= 4 is 61.8 Å². The van der Waals surface area contributed by atoms with E-state index in [4.69, 9.17) is 0 Å². The van der Waals surface area contributed by atoms with Crippen molar-refractivity contribution in [3.8, 4) is 11.1 Å². The fourth-order valence-electron chi connectivity index (χ4n) is 9.18. The number of piperidine rings is 2. The number of alkyl halides is 1. The number of piperazine rings is 1. The molecule has 5 aromatic rings. The number of rotatable bonds is 12. The summed E-state index contributed by atoms with van der Waals surface area (Å²) in [4.78, 5) is 64.1. The van der Waals surface area contributed by atoms with E-state index in [0.717, 1.165) is 73.3 Å². The Morgan fingerprint density at radius 2 is 1.52 bits per heavy atom. The lowest BCUT2D eigenvalue weighted by atomic mass is 9.95. The first-order valence-electron chi connectivity index (χ1n) is 21.9. The van der Waals surface area contributed by atoms with Gasteiger partial charge in [-0.15, -0.1) is 0 Å². The summed E-state index contributed by atoms with van der Waals surface area (Å²) in [5.41, 5.74) is 1.72. The number of aromatic amines is 1. The molecule has 15 nitrogen and oxygen atoms in total. The molecule has 1 unspecified atom stereocenters. The molecule has 4 aliphatic heterocycles. The van der Waals surface area contributed by atoms with Crippen LogP contribution in [-0.2, 0) is 19.8 Å². The van der Waals surface area contributed by atoms with Crippen LogP contribution in [0.2, 0.25) is 0 Å². The van der Waals surface area contributed by atoms with Gasteiger partial charge in [0, 0.05) is 106 Å². The quantitative estimate of drug-likeness (QED) is 0.0743. The van der Waals surface area contributed by atoms with Crippen LogP contribution in [0, 0.1) is 23.4 Å². The summed E-state index contributed by atoms with van der Waals surface area (Å²) in [5.74, 6) is -5.45. The fourth-order valence-corrected chi connectivity index (χ4v) is 10.4. The Morgan fingerprint density at radius 3 is 2.21 bits per heavy atom. The number of carbonyl (C=O) groups is 4. The Morgan fingerprint density at radius 1 is 0.788 bits per heavy atom. The number of pyridine rings is 1. The van der Waals surface area contributed by atoms with E-state index in [1.165, 1.54) is 18.3 Å². The van der Waals surface area contributed by atoms with Crippen LogP contribution in [0.4, 0.5) is 34.6 Å². The number of nitrogens with one attached hydrogen (secondary N) is 4. The van der Waals surface area contributed by atoms with Crippen molar-refractivity contribution in [3.63, 3.8) is 0 Å². The largest absolute Gasteiger partial charge is 0.372 e. The summed E-state index contributed by atoms with van der Waals surface area (Å²) in [7, 11) is -4.36. The molecular weight excluding hydrogens is 883 g/mol. The highest BCUT2D eigenvalue weighted by Gasteiger charge is 2.34. The van der Waals surface area contributed by atoms with Gasteiger partial charge >= 0.3 is 10.2 Å². The number of fused-ring (bicyclic) bond motifs is 1. The van der Waals surface area contributed by atoms with E-state index in [9.17, 15) is 32.0 Å². The SMILES string of the molecule is O=C1CCC(NC(=O)c2ccc(N3CCN(CC4CCN(c5ccc(-c6cnc7[nH]cc(C(=O)c8c(F)ccc(NS(=O)(=O)N9CC[C@@H](F)C9)c8F)c7c6)cc5)CC4)CC3)cc2F)C(=O)N1. The van der Waals surface area contributed by atoms with Gasteiger partial charge in [-0.05, 0) is 85.7 Å². The predicted octanol–water partition coefficient (Wildman–Crippen LogP) is 5.15. The third-order valence-corrected chi connectivity index (χ3v) is 14.4. The number of amides is 3. The summed E-state index contributed by atoms with van der Waals surface area (Å²) in [6.45, 7) is 5.25. The van der Waals surface area contributed by atoms with Crippen LogP contribution in [-0.4, -0.2) is 122 Å². The Bertz CT molecular complexity index is 2810. The number of halogens is 4. The highest BCUT2D eigenvalue weighted by atomic mass is 32.2. The summed E-state index contributed by atoms with van der Waals surface area (Å²) in [6.07, 6.45) is 3.86. The molecule has 3 aromatic carbocycles. The van der Waals surface area contributed by atoms with Gasteiger partial charge in [-0.2, -0.15) is 12.7 Å². The molecule has 4 N–H and O–H groups in total. The van der Waals surface area contributed by atoms with Gasteiger partial charge in [0.15, 0.2) is 5.82 Å². The van der Waals surface area contributed by atoms with Gasteiger partial charge in [-0.1, -0.05) is 12.1 Å². The standard InChI is InChI=1S/C46H47F4N9O6S/c47-30-13-16-59(26-30)66(64,65)55-38-8-7-36(48)41(42(38)50)43(61)35-24-52-44-34(35)21-29(23-51-44)28-1-3-31(4-2-28)57-14-11-27(12-15-57)25-56-17-19-58(20-18-56)32-5-6-33(37(49)22-32)45(62)53-39-9-10-40(60)54-46(39)63/h1-8,21-24,27,30,39,55H,9-20,25-26H2,(H,51,52)(H,53,62)(H,54,60,63)/t30-,39?/m1/s1. The molecule has 2 aromatic heterocycles. The average Bonchev–Trinajstić information content (AvgIpc) is 3.95. The zero-order chi connectivity index (χ0) is 46.3. The van der Waals surface area contributed by atoms with Gasteiger partial charge in [0.25, 0.3) is 5.91 Å². The van der Waals surface area contributed by atoms with Gasteiger partial charge in [-0.3, -0.25) is 34.1 Å². The van der Waals surface area contributed by atoms with Gasteiger partial charge in [0.1, 0.15) is 29.5 Å². The van der Waals surface area contributed by atoms with Crippen LogP contribution in [0.5, 0.6) is 0 Å². The molecular formula is C46H47F4N9O6S. The zero-order valence-electron chi connectivity index (χ0n) is 35.7. The van der Waals surface area contributed by atoms with Crippen LogP contribution in [0.25, 0.3) is 22.2 Å². The van der Waals surface area contributed by atoms with Crippen molar-refractivity contribution in [2.45, 2.75) is 44.3 Å². The van der Waals surface area contributed by atoms with Gasteiger partial charge in [0.2, 0.25) is 17.6 Å². The van der Waals surface area contributed by atoms with Crippen molar-refractivity contribution in [3.05, 3.63) is 107 Å². The van der Waals surface area contributed by atoms with E-state index in [2.05, 4.69) is 35.3 Å². The molecule has 4 fully saturated rings. The Labute approximate surface area is 377 Å². The normalized spacial score (nSPS) is 20.2. The lowest BCUT2D eigenvalue weighted by molar-refractivity contribution is -0.134. The maximum absolute atomic E-state index is 15.8. The molecule has 346 valence electrons. The number of ketones is 1. The molecule has 0 bridgehead atoms. The number of hydrogen-bond acceptors (Lipinski definition) is 10. The summed E-state index contributed by atoms with van der Waals surface area (Å²) >= 11 is 0. The molecule has 3 amide bonds. The molecule has 4 saturated heterocycles. The molecule has 0 saturated carbocycles. The third kappa shape index (κ3) is 9.34. The monoisotopic (exact) mass is 929 g/mol. The number of nitrogens with zero attached hydrogens (tertiary/aromatic N) is 5. The summed E-state index contributed by atoms with van der Waals surface area (Å²) in [5, 5.41) is 5.02. The minimum Gasteiger partial charge on any atom is -0.372 e. The molecule has 0 spiro atoms. The summed E-state index contributed by atoms with van der Waals surface area (Å²) in [6, 6.07) is 14.9. The number of benzene rings is 3. The van der Waals surface area contributed by atoms with Crippen LogP contribution < -0.4 is 25.2 Å². The first-order chi connectivity index (χ1) is 31.7. The Hall–Kier alpha value is -6.38. The topological polar surface area (TPSA) is 180 Å². The molecule has 66 heavy (non-hydrogen) atoms.